The average Bonchev–Trinajstić information content (AvgIpc) is 2.74. The first kappa shape index (κ1) is 20.1. The van der Waals surface area contributed by atoms with Crippen molar-refractivity contribution in [3.63, 3.8) is 0 Å². The van der Waals surface area contributed by atoms with Gasteiger partial charge in [0, 0.05) is 12.2 Å². The van der Waals surface area contributed by atoms with Crippen molar-refractivity contribution in [2.75, 3.05) is 19.0 Å². The second-order valence-electron chi connectivity index (χ2n) is 6.55. The van der Waals surface area contributed by atoms with E-state index in [4.69, 9.17) is 4.74 Å². The third-order valence-electron chi connectivity index (χ3n) is 4.36. The number of pyridine rings is 1. The lowest BCUT2D eigenvalue weighted by Crippen LogP contribution is -2.27. The van der Waals surface area contributed by atoms with Crippen LogP contribution in [-0.4, -0.2) is 30.5 Å². The summed E-state index contributed by atoms with van der Waals surface area (Å²) >= 11 is 0. The summed E-state index contributed by atoms with van der Waals surface area (Å²) in [4.78, 5) is 29.1. The molecule has 0 unspecified atom stereocenters. The minimum atomic E-state index is -0.362. The van der Waals surface area contributed by atoms with Gasteiger partial charge in [0.2, 0.25) is 0 Å². The largest absolute Gasteiger partial charge is 0.496 e. The van der Waals surface area contributed by atoms with Gasteiger partial charge in [-0.1, -0.05) is 36.4 Å². The molecule has 1 aromatic heterocycles. The number of methoxy groups -OCH3 is 1. The van der Waals surface area contributed by atoms with Crippen molar-refractivity contribution in [3.8, 4) is 5.75 Å². The molecule has 0 spiro atoms. The van der Waals surface area contributed by atoms with Gasteiger partial charge in [-0.15, -0.1) is 0 Å². The molecule has 0 saturated heterocycles. The Kier molecular flexibility index (Phi) is 6.58. The van der Waals surface area contributed by atoms with Gasteiger partial charge < -0.3 is 15.4 Å². The van der Waals surface area contributed by atoms with Crippen LogP contribution in [0.3, 0.4) is 0 Å². The molecule has 0 aliphatic carbocycles. The summed E-state index contributed by atoms with van der Waals surface area (Å²) in [6.07, 6.45) is 0.628. The van der Waals surface area contributed by atoms with E-state index in [2.05, 4.69) is 15.6 Å². The molecule has 3 rings (SSSR count). The summed E-state index contributed by atoms with van der Waals surface area (Å²) in [5.74, 6) is 0.0964. The number of benzene rings is 2. The Bertz CT molecular complexity index is 1020. The Morgan fingerprint density at radius 3 is 2.41 bits per heavy atom. The predicted molar refractivity (Wildman–Crippen MR) is 112 cm³/mol. The molecular weight excluding hydrogens is 366 g/mol. The number of hydrogen-bond acceptors (Lipinski definition) is 4. The van der Waals surface area contributed by atoms with Gasteiger partial charge in [-0.2, -0.15) is 0 Å². The lowest BCUT2D eigenvalue weighted by Gasteiger charge is -2.09. The van der Waals surface area contributed by atoms with E-state index in [0.717, 1.165) is 16.9 Å². The Morgan fingerprint density at radius 2 is 1.66 bits per heavy atom. The van der Waals surface area contributed by atoms with E-state index >= 15 is 0 Å². The molecule has 0 aliphatic heterocycles. The maximum absolute atomic E-state index is 12.5. The first-order chi connectivity index (χ1) is 14.1. The number of anilines is 1. The number of ether oxygens (including phenoxy) is 1. The van der Waals surface area contributed by atoms with E-state index in [1.165, 1.54) is 0 Å². The van der Waals surface area contributed by atoms with Crippen LogP contribution in [-0.2, 0) is 6.42 Å². The van der Waals surface area contributed by atoms with Gasteiger partial charge in [-0.05, 0) is 54.8 Å². The van der Waals surface area contributed by atoms with E-state index in [-0.39, 0.29) is 23.2 Å². The molecule has 0 bridgehead atoms. The van der Waals surface area contributed by atoms with E-state index in [1.807, 2.05) is 49.4 Å². The highest BCUT2D eigenvalue weighted by Gasteiger charge is 2.13. The molecule has 0 atom stereocenters. The fraction of sp³-hybridized carbons (Fsp3) is 0.174. The van der Waals surface area contributed by atoms with Crippen molar-refractivity contribution in [1.82, 2.24) is 10.3 Å². The van der Waals surface area contributed by atoms with Crippen molar-refractivity contribution in [2.45, 2.75) is 13.3 Å². The zero-order chi connectivity index (χ0) is 20.6. The quantitative estimate of drug-likeness (QED) is 0.647. The molecule has 1 heterocycles. The van der Waals surface area contributed by atoms with Crippen molar-refractivity contribution in [1.29, 1.82) is 0 Å². The molecular formula is C23H23N3O3. The second-order valence-corrected chi connectivity index (χ2v) is 6.55. The summed E-state index contributed by atoms with van der Waals surface area (Å²) in [6.45, 7) is 2.38. The van der Waals surface area contributed by atoms with Crippen molar-refractivity contribution < 1.29 is 14.3 Å². The number of para-hydroxylation sites is 1. The number of aryl methyl sites for hydroxylation is 1. The Labute approximate surface area is 169 Å². The molecule has 0 saturated carbocycles. The number of carbonyl (C=O) groups is 2. The zero-order valence-electron chi connectivity index (χ0n) is 16.4. The van der Waals surface area contributed by atoms with Crippen LogP contribution in [0.25, 0.3) is 0 Å². The molecule has 3 aromatic rings. The van der Waals surface area contributed by atoms with Gasteiger partial charge in [0.05, 0.1) is 7.11 Å². The topological polar surface area (TPSA) is 80.3 Å². The molecule has 6 nitrogen and oxygen atoms in total. The Morgan fingerprint density at radius 1 is 0.931 bits per heavy atom. The number of amides is 2. The number of carbonyl (C=O) groups excluding carboxylic acids is 2. The average molecular weight is 389 g/mol. The van der Waals surface area contributed by atoms with Crippen LogP contribution in [0, 0.1) is 6.92 Å². The number of hydrogen-bond donors (Lipinski definition) is 2. The lowest BCUT2D eigenvalue weighted by molar-refractivity contribution is 0.0949. The zero-order valence-corrected chi connectivity index (χ0v) is 16.4. The molecule has 0 fully saturated rings. The molecule has 2 aromatic carbocycles. The van der Waals surface area contributed by atoms with Crippen molar-refractivity contribution in [2.24, 2.45) is 0 Å². The maximum Gasteiger partial charge on any atom is 0.274 e. The number of rotatable bonds is 7. The van der Waals surface area contributed by atoms with Gasteiger partial charge >= 0.3 is 0 Å². The van der Waals surface area contributed by atoms with Gasteiger partial charge in [-0.3, -0.25) is 9.59 Å². The van der Waals surface area contributed by atoms with Crippen LogP contribution in [0.1, 0.15) is 32.1 Å². The predicted octanol–water partition coefficient (Wildman–Crippen LogP) is 3.62. The van der Waals surface area contributed by atoms with Crippen molar-refractivity contribution in [3.05, 3.63) is 89.2 Å². The molecule has 148 valence electrons. The fourth-order valence-corrected chi connectivity index (χ4v) is 2.92. The Hall–Kier alpha value is -3.67. The molecule has 0 radical (unpaired) electrons. The molecule has 6 heteroatoms. The normalized spacial score (nSPS) is 10.3. The third kappa shape index (κ3) is 5.42. The Balaban J connectivity index is 1.61. The third-order valence-corrected chi connectivity index (χ3v) is 4.36. The van der Waals surface area contributed by atoms with E-state index in [1.54, 1.807) is 31.4 Å². The summed E-state index contributed by atoms with van der Waals surface area (Å²) in [6, 6.07) is 20.0. The van der Waals surface area contributed by atoms with Crippen LogP contribution in [0.15, 0.2) is 66.7 Å². The molecule has 2 N–H and O–H groups in total. The van der Waals surface area contributed by atoms with Crippen LogP contribution in [0.5, 0.6) is 5.75 Å². The molecule has 29 heavy (non-hydrogen) atoms. The fourth-order valence-electron chi connectivity index (χ4n) is 2.92. The standard InChI is InChI=1S/C23H23N3O3/c1-16-7-5-9-18(15-16)25-23(28)20-11-6-10-19(26-20)22(27)24-14-13-17-8-3-4-12-21(17)29-2/h3-12,15H,13-14H2,1-2H3,(H,24,27)(H,25,28). The van der Waals surface area contributed by atoms with Gasteiger partial charge in [0.25, 0.3) is 11.8 Å². The number of nitrogens with zero attached hydrogens (tertiary/aromatic N) is 1. The van der Waals surface area contributed by atoms with Crippen LogP contribution in [0.4, 0.5) is 5.69 Å². The first-order valence-corrected chi connectivity index (χ1v) is 9.32. The maximum atomic E-state index is 12.5. The summed E-state index contributed by atoms with van der Waals surface area (Å²) in [5.41, 5.74) is 3.11. The van der Waals surface area contributed by atoms with Crippen molar-refractivity contribution >= 4 is 17.5 Å². The van der Waals surface area contributed by atoms with Gasteiger partial charge in [0.15, 0.2) is 0 Å². The van der Waals surface area contributed by atoms with E-state index in [9.17, 15) is 9.59 Å². The highest BCUT2D eigenvalue weighted by atomic mass is 16.5. The van der Waals surface area contributed by atoms with Gasteiger partial charge in [-0.25, -0.2) is 4.98 Å². The molecule has 2 amide bonds. The minimum Gasteiger partial charge on any atom is -0.496 e. The summed E-state index contributed by atoms with van der Waals surface area (Å²) in [5, 5.41) is 5.63. The summed E-state index contributed by atoms with van der Waals surface area (Å²) in [7, 11) is 1.62. The van der Waals surface area contributed by atoms with E-state index < -0.39 is 0 Å². The van der Waals surface area contributed by atoms with Crippen LogP contribution < -0.4 is 15.4 Å². The van der Waals surface area contributed by atoms with Crippen LogP contribution in [0.2, 0.25) is 0 Å². The molecule has 0 aliphatic rings. The minimum absolute atomic E-state index is 0.184. The lowest BCUT2D eigenvalue weighted by atomic mass is 10.1. The summed E-state index contributed by atoms with van der Waals surface area (Å²) < 4.78 is 5.32. The van der Waals surface area contributed by atoms with Crippen LogP contribution >= 0.6 is 0 Å². The highest BCUT2D eigenvalue weighted by molar-refractivity contribution is 6.03. The van der Waals surface area contributed by atoms with Gasteiger partial charge in [0.1, 0.15) is 17.1 Å². The second kappa shape index (κ2) is 9.50. The number of aromatic nitrogens is 1. The number of nitrogens with one attached hydrogen (secondary N) is 2. The highest BCUT2D eigenvalue weighted by Crippen LogP contribution is 2.17. The van der Waals surface area contributed by atoms with E-state index in [0.29, 0.717) is 18.7 Å². The monoisotopic (exact) mass is 389 g/mol. The SMILES string of the molecule is COc1ccccc1CCNC(=O)c1cccc(C(=O)Nc2cccc(C)c2)n1. The first-order valence-electron chi connectivity index (χ1n) is 9.32. The smallest absolute Gasteiger partial charge is 0.274 e.